The summed E-state index contributed by atoms with van der Waals surface area (Å²) >= 11 is 0. The minimum Gasteiger partial charge on any atom is -0.497 e. The molecule has 0 bridgehead atoms. The van der Waals surface area contributed by atoms with E-state index < -0.39 is 40.2 Å². The van der Waals surface area contributed by atoms with Crippen LogP contribution < -0.4 is 14.4 Å². The number of hydrogen-bond donors (Lipinski definition) is 1. The van der Waals surface area contributed by atoms with Gasteiger partial charge in [-0.3, -0.25) is 13.9 Å². The van der Waals surface area contributed by atoms with Gasteiger partial charge in [0.2, 0.25) is 11.8 Å². The second-order valence-electron chi connectivity index (χ2n) is 8.22. The molecule has 196 valence electrons. The summed E-state index contributed by atoms with van der Waals surface area (Å²) in [7, 11) is -2.81. The number of para-hydroxylation sites is 1. The minimum atomic E-state index is -4.32. The molecule has 1 N–H and O–H groups in total. The van der Waals surface area contributed by atoms with Gasteiger partial charge in [-0.2, -0.15) is 0 Å². The summed E-state index contributed by atoms with van der Waals surface area (Å²) in [5.41, 5.74) is 0.402. The highest BCUT2D eigenvalue weighted by Crippen LogP contribution is 2.27. The van der Waals surface area contributed by atoms with Crippen LogP contribution in [0.2, 0.25) is 0 Å². The average Bonchev–Trinajstić information content (AvgIpc) is 2.91. The molecule has 8 nitrogen and oxygen atoms in total. The van der Waals surface area contributed by atoms with Gasteiger partial charge in [-0.05, 0) is 55.8 Å². The van der Waals surface area contributed by atoms with E-state index in [-0.39, 0.29) is 17.1 Å². The van der Waals surface area contributed by atoms with E-state index in [1.54, 1.807) is 56.3 Å². The first-order valence-electron chi connectivity index (χ1n) is 11.7. The monoisotopic (exact) mass is 527 g/mol. The molecule has 0 unspecified atom stereocenters. The highest BCUT2D eigenvalue weighted by atomic mass is 32.2. The molecule has 0 aliphatic rings. The SMILES string of the molecule is CCNC(=O)[C@H](C)N(Cc1cccc(OC)c1)C(=O)CN(c1ccccc1F)S(=O)(=O)c1ccccc1. The zero-order valence-corrected chi connectivity index (χ0v) is 21.7. The molecule has 3 rings (SSSR count). The average molecular weight is 528 g/mol. The zero-order chi connectivity index (χ0) is 27.0. The van der Waals surface area contributed by atoms with Crippen molar-refractivity contribution in [1.82, 2.24) is 10.2 Å². The van der Waals surface area contributed by atoms with E-state index in [2.05, 4.69) is 5.32 Å². The number of hydrogen-bond acceptors (Lipinski definition) is 5. The third kappa shape index (κ3) is 6.65. The van der Waals surface area contributed by atoms with Crippen molar-refractivity contribution < 1.29 is 27.1 Å². The molecule has 0 radical (unpaired) electrons. The molecule has 0 aliphatic carbocycles. The van der Waals surface area contributed by atoms with Crippen molar-refractivity contribution in [2.24, 2.45) is 0 Å². The van der Waals surface area contributed by atoms with Gasteiger partial charge in [0.25, 0.3) is 10.0 Å². The number of nitrogens with one attached hydrogen (secondary N) is 1. The topological polar surface area (TPSA) is 96.0 Å². The molecule has 0 aliphatic heterocycles. The van der Waals surface area contributed by atoms with Crippen LogP contribution in [0.1, 0.15) is 19.4 Å². The number of methoxy groups -OCH3 is 1. The van der Waals surface area contributed by atoms with Crippen LogP contribution in [-0.2, 0) is 26.2 Å². The van der Waals surface area contributed by atoms with Crippen LogP contribution in [0, 0.1) is 5.82 Å². The van der Waals surface area contributed by atoms with Crippen molar-refractivity contribution in [3.05, 3.63) is 90.2 Å². The van der Waals surface area contributed by atoms with Crippen LogP contribution in [0.15, 0.2) is 83.8 Å². The first-order chi connectivity index (χ1) is 17.7. The molecular weight excluding hydrogens is 497 g/mol. The van der Waals surface area contributed by atoms with Gasteiger partial charge in [-0.25, -0.2) is 12.8 Å². The van der Waals surface area contributed by atoms with Gasteiger partial charge in [0.15, 0.2) is 0 Å². The van der Waals surface area contributed by atoms with Gasteiger partial charge >= 0.3 is 0 Å². The van der Waals surface area contributed by atoms with E-state index >= 15 is 0 Å². The second-order valence-corrected chi connectivity index (χ2v) is 10.1. The Balaban J connectivity index is 2.03. The number of sulfonamides is 1. The number of benzene rings is 3. The van der Waals surface area contributed by atoms with Gasteiger partial charge in [0, 0.05) is 13.1 Å². The number of rotatable bonds is 11. The molecule has 3 aromatic carbocycles. The van der Waals surface area contributed by atoms with Crippen molar-refractivity contribution >= 4 is 27.5 Å². The summed E-state index contributed by atoms with van der Waals surface area (Å²) in [6.07, 6.45) is 0. The molecule has 0 fully saturated rings. The molecule has 10 heteroatoms. The van der Waals surface area contributed by atoms with Gasteiger partial charge in [0.05, 0.1) is 17.7 Å². The molecule has 0 saturated carbocycles. The van der Waals surface area contributed by atoms with Crippen LogP contribution in [0.3, 0.4) is 0 Å². The quantitative estimate of drug-likeness (QED) is 0.411. The van der Waals surface area contributed by atoms with Crippen LogP contribution in [-0.4, -0.2) is 51.4 Å². The number of carbonyl (C=O) groups excluding carboxylic acids is 2. The molecular formula is C27H30FN3O5S. The summed E-state index contributed by atoms with van der Waals surface area (Å²) < 4.78 is 48.0. The molecule has 3 aromatic rings. The van der Waals surface area contributed by atoms with E-state index in [0.29, 0.717) is 17.9 Å². The van der Waals surface area contributed by atoms with Crippen LogP contribution in [0.25, 0.3) is 0 Å². The molecule has 0 spiro atoms. The Morgan fingerprint density at radius 1 is 1.00 bits per heavy atom. The lowest BCUT2D eigenvalue weighted by Crippen LogP contribution is -2.51. The summed E-state index contributed by atoms with van der Waals surface area (Å²) in [6, 6.07) is 18.9. The Hall–Kier alpha value is -3.92. The smallest absolute Gasteiger partial charge is 0.264 e. The van der Waals surface area contributed by atoms with Gasteiger partial charge in [0.1, 0.15) is 24.2 Å². The predicted molar refractivity (Wildman–Crippen MR) is 139 cm³/mol. The fourth-order valence-electron chi connectivity index (χ4n) is 3.76. The number of carbonyl (C=O) groups is 2. The summed E-state index contributed by atoms with van der Waals surface area (Å²) in [5, 5.41) is 2.69. The van der Waals surface area contributed by atoms with Gasteiger partial charge < -0.3 is 15.0 Å². The van der Waals surface area contributed by atoms with Crippen LogP contribution in [0.5, 0.6) is 5.75 Å². The van der Waals surface area contributed by atoms with Crippen molar-refractivity contribution in [1.29, 1.82) is 0 Å². The number of anilines is 1. The van der Waals surface area contributed by atoms with E-state index in [4.69, 9.17) is 4.74 Å². The first-order valence-corrected chi connectivity index (χ1v) is 13.2. The Morgan fingerprint density at radius 3 is 2.32 bits per heavy atom. The Morgan fingerprint density at radius 2 is 1.68 bits per heavy atom. The van der Waals surface area contributed by atoms with E-state index in [1.165, 1.54) is 42.3 Å². The van der Waals surface area contributed by atoms with Crippen molar-refractivity contribution in [2.45, 2.75) is 31.3 Å². The fraction of sp³-hybridized carbons (Fsp3) is 0.259. The van der Waals surface area contributed by atoms with Gasteiger partial charge in [-0.15, -0.1) is 0 Å². The number of ether oxygens (including phenoxy) is 1. The van der Waals surface area contributed by atoms with E-state index in [0.717, 1.165) is 10.4 Å². The Labute approximate surface area is 216 Å². The molecule has 0 aromatic heterocycles. The molecule has 0 saturated heterocycles. The summed E-state index contributed by atoms with van der Waals surface area (Å²) in [5.74, 6) is -1.31. The lowest BCUT2D eigenvalue weighted by atomic mass is 10.1. The highest BCUT2D eigenvalue weighted by molar-refractivity contribution is 7.92. The first kappa shape index (κ1) is 27.7. The van der Waals surface area contributed by atoms with Crippen LogP contribution >= 0.6 is 0 Å². The maximum Gasteiger partial charge on any atom is 0.264 e. The van der Waals surface area contributed by atoms with Crippen molar-refractivity contribution in [3.8, 4) is 5.75 Å². The fourth-order valence-corrected chi connectivity index (χ4v) is 5.20. The van der Waals surface area contributed by atoms with Crippen LogP contribution in [0.4, 0.5) is 10.1 Å². The lowest BCUT2D eigenvalue weighted by molar-refractivity contribution is -0.139. The minimum absolute atomic E-state index is 0.00479. The highest BCUT2D eigenvalue weighted by Gasteiger charge is 2.33. The molecule has 2 amide bonds. The Bertz CT molecular complexity index is 1330. The molecule has 37 heavy (non-hydrogen) atoms. The lowest BCUT2D eigenvalue weighted by Gasteiger charge is -2.32. The number of amides is 2. The normalized spacial score (nSPS) is 11.9. The summed E-state index contributed by atoms with van der Waals surface area (Å²) in [6.45, 7) is 2.96. The van der Waals surface area contributed by atoms with E-state index in [1.807, 2.05) is 0 Å². The Kier molecular flexibility index (Phi) is 9.24. The number of halogens is 1. The number of likely N-dealkylation sites (N-methyl/N-ethyl adjacent to an activating group) is 1. The van der Waals surface area contributed by atoms with E-state index in [9.17, 15) is 22.4 Å². The standard InChI is InChI=1S/C27H30FN3O5S/c1-4-29-27(33)20(2)30(18-21-11-10-12-22(17-21)36-3)26(32)19-31(25-16-9-8-15-24(25)28)37(34,35)23-13-6-5-7-14-23/h5-17,20H,4,18-19H2,1-3H3,(H,29,33)/t20-/m0/s1. The molecule has 1 atom stereocenters. The van der Waals surface area contributed by atoms with Gasteiger partial charge in [-0.1, -0.05) is 42.5 Å². The predicted octanol–water partition coefficient (Wildman–Crippen LogP) is 3.58. The maximum atomic E-state index is 14.8. The largest absolute Gasteiger partial charge is 0.497 e. The summed E-state index contributed by atoms with van der Waals surface area (Å²) in [4.78, 5) is 27.6. The molecule has 0 heterocycles. The second kappa shape index (κ2) is 12.4. The van der Waals surface area contributed by atoms with Crippen molar-refractivity contribution in [2.75, 3.05) is 24.5 Å². The third-order valence-corrected chi connectivity index (χ3v) is 7.51. The van der Waals surface area contributed by atoms with Crippen molar-refractivity contribution in [3.63, 3.8) is 0 Å². The zero-order valence-electron chi connectivity index (χ0n) is 20.9. The maximum absolute atomic E-state index is 14.8. The number of nitrogens with zero attached hydrogens (tertiary/aromatic N) is 2. The third-order valence-electron chi connectivity index (χ3n) is 5.74.